The van der Waals surface area contributed by atoms with Gasteiger partial charge in [0.15, 0.2) is 0 Å². The molecule has 0 bridgehead atoms. The number of hydrogen-bond donors (Lipinski definition) is 1. The number of aromatic nitrogens is 2. The molecule has 1 atom stereocenters. The first-order valence-corrected chi connectivity index (χ1v) is 8.76. The Balaban J connectivity index is 1.79. The van der Waals surface area contributed by atoms with Crippen molar-refractivity contribution in [3.8, 4) is 0 Å². The molecule has 2 aromatic heterocycles. The number of urea groups is 1. The van der Waals surface area contributed by atoms with E-state index in [2.05, 4.69) is 10.4 Å². The highest BCUT2D eigenvalue weighted by Crippen LogP contribution is 2.31. The van der Waals surface area contributed by atoms with Crippen LogP contribution in [0.5, 0.6) is 0 Å². The van der Waals surface area contributed by atoms with Gasteiger partial charge in [-0.25, -0.2) is 9.59 Å². The molecule has 3 rings (SSSR count). The van der Waals surface area contributed by atoms with Crippen molar-refractivity contribution in [3.63, 3.8) is 0 Å². The lowest BCUT2D eigenvalue weighted by Crippen LogP contribution is -2.42. The number of esters is 1. The molecule has 1 aliphatic rings. The van der Waals surface area contributed by atoms with E-state index >= 15 is 0 Å². The molecule has 1 saturated heterocycles. The topological polar surface area (TPSA) is 76.5 Å². The van der Waals surface area contributed by atoms with Gasteiger partial charge in [-0.15, -0.1) is 11.3 Å². The number of thiophene rings is 1. The minimum atomic E-state index is -0.451. The lowest BCUT2D eigenvalue weighted by atomic mass is 9.99. The molecule has 2 amide bonds. The smallest absolute Gasteiger partial charge is 0.340 e. The second-order valence-corrected chi connectivity index (χ2v) is 6.45. The Morgan fingerprint density at radius 2 is 2.21 bits per heavy atom. The highest BCUT2D eigenvalue weighted by Gasteiger charge is 2.30. The van der Waals surface area contributed by atoms with Crippen molar-refractivity contribution < 1.29 is 14.3 Å². The van der Waals surface area contributed by atoms with Crippen LogP contribution in [0.1, 0.15) is 41.4 Å². The summed E-state index contributed by atoms with van der Waals surface area (Å²) >= 11 is 1.35. The van der Waals surface area contributed by atoms with Crippen molar-refractivity contribution >= 4 is 29.0 Å². The fourth-order valence-corrected chi connectivity index (χ4v) is 3.79. The number of carbonyl (C=O) groups excluding carboxylic acids is 2. The molecule has 0 radical (unpaired) electrons. The number of piperidine rings is 1. The second-order valence-electron chi connectivity index (χ2n) is 5.71. The van der Waals surface area contributed by atoms with Gasteiger partial charge in [-0.2, -0.15) is 5.10 Å². The number of ether oxygens (including phenoxy) is 1. The van der Waals surface area contributed by atoms with Gasteiger partial charge in [-0.3, -0.25) is 4.68 Å². The molecule has 1 unspecified atom stereocenters. The van der Waals surface area contributed by atoms with Gasteiger partial charge in [0.1, 0.15) is 0 Å². The summed E-state index contributed by atoms with van der Waals surface area (Å²) in [5.74, 6) is -0.451. The van der Waals surface area contributed by atoms with E-state index in [4.69, 9.17) is 4.74 Å². The van der Waals surface area contributed by atoms with Gasteiger partial charge in [0, 0.05) is 30.5 Å². The Bertz CT molecular complexity index is 739. The predicted octanol–water partition coefficient (Wildman–Crippen LogP) is 3.03. The van der Waals surface area contributed by atoms with Crippen molar-refractivity contribution in [2.75, 3.05) is 19.0 Å². The van der Waals surface area contributed by atoms with Crippen LogP contribution in [0.25, 0.3) is 0 Å². The number of anilines is 1. The number of nitrogens with zero attached hydrogens (tertiary/aromatic N) is 3. The zero-order chi connectivity index (χ0) is 17.1. The average Bonchev–Trinajstić information content (AvgIpc) is 3.23. The number of likely N-dealkylation sites (tertiary alicyclic amines) is 1. The first kappa shape index (κ1) is 16.5. The molecule has 0 aromatic carbocycles. The van der Waals surface area contributed by atoms with E-state index in [1.807, 2.05) is 18.0 Å². The quantitative estimate of drug-likeness (QED) is 0.865. The number of aryl methyl sites for hydroxylation is 1. The molecule has 2 aromatic rings. The third kappa shape index (κ3) is 3.14. The van der Waals surface area contributed by atoms with Crippen LogP contribution in [-0.4, -0.2) is 40.3 Å². The zero-order valence-corrected chi connectivity index (χ0v) is 14.5. The first-order valence-electron chi connectivity index (χ1n) is 7.82. The highest BCUT2D eigenvalue weighted by molar-refractivity contribution is 7.08. The van der Waals surface area contributed by atoms with E-state index in [9.17, 15) is 9.59 Å². The fourth-order valence-electron chi connectivity index (χ4n) is 3.04. The van der Waals surface area contributed by atoms with Crippen LogP contribution < -0.4 is 5.32 Å². The van der Waals surface area contributed by atoms with Gasteiger partial charge in [0.2, 0.25) is 0 Å². The highest BCUT2D eigenvalue weighted by atomic mass is 32.1. The number of methoxy groups -OCH3 is 1. The van der Waals surface area contributed by atoms with Gasteiger partial charge in [-0.05, 0) is 25.3 Å². The van der Waals surface area contributed by atoms with Crippen LogP contribution >= 0.6 is 11.3 Å². The Morgan fingerprint density at radius 3 is 2.92 bits per heavy atom. The van der Waals surface area contributed by atoms with Crippen LogP contribution in [0, 0.1) is 0 Å². The van der Waals surface area contributed by atoms with Crippen molar-refractivity contribution in [3.05, 3.63) is 34.3 Å². The molecular formula is C16H20N4O3S. The minimum Gasteiger partial charge on any atom is -0.465 e. The van der Waals surface area contributed by atoms with Gasteiger partial charge in [0.25, 0.3) is 0 Å². The number of nitrogens with one attached hydrogen (secondary N) is 1. The summed E-state index contributed by atoms with van der Waals surface area (Å²) < 4.78 is 6.56. The normalized spacial score (nSPS) is 17.6. The Kier molecular flexibility index (Phi) is 4.84. The van der Waals surface area contributed by atoms with Crippen LogP contribution in [-0.2, 0) is 11.8 Å². The molecular weight excluding hydrogens is 328 g/mol. The maximum Gasteiger partial charge on any atom is 0.340 e. The van der Waals surface area contributed by atoms with E-state index in [1.54, 1.807) is 21.6 Å². The Labute approximate surface area is 144 Å². The standard InChI is InChI=1S/C16H20N4O3S/c1-19-13(6-7-17-19)14-5-3-4-8-20(14)16(22)18-12-10-24-9-11(12)15(21)23-2/h6-7,9-10,14H,3-5,8H2,1-2H3,(H,18,22). The molecule has 0 aliphatic carbocycles. The largest absolute Gasteiger partial charge is 0.465 e. The van der Waals surface area contributed by atoms with Gasteiger partial charge in [0.05, 0.1) is 30.1 Å². The van der Waals surface area contributed by atoms with Crippen molar-refractivity contribution in [1.82, 2.24) is 14.7 Å². The molecule has 24 heavy (non-hydrogen) atoms. The maximum absolute atomic E-state index is 12.8. The lowest BCUT2D eigenvalue weighted by Gasteiger charge is -2.35. The lowest BCUT2D eigenvalue weighted by molar-refractivity contribution is 0.0602. The van der Waals surface area contributed by atoms with Crippen molar-refractivity contribution in [2.24, 2.45) is 7.05 Å². The summed E-state index contributed by atoms with van der Waals surface area (Å²) in [7, 11) is 3.21. The third-order valence-corrected chi connectivity index (χ3v) is 5.02. The number of rotatable bonds is 3. The first-order chi connectivity index (χ1) is 11.6. The average molecular weight is 348 g/mol. The van der Waals surface area contributed by atoms with E-state index in [1.165, 1.54) is 18.4 Å². The molecule has 128 valence electrons. The summed E-state index contributed by atoms with van der Waals surface area (Å²) in [5, 5.41) is 10.5. The number of amides is 2. The summed E-state index contributed by atoms with van der Waals surface area (Å²) in [4.78, 5) is 26.4. The zero-order valence-electron chi connectivity index (χ0n) is 13.7. The van der Waals surface area contributed by atoms with Crippen molar-refractivity contribution in [1.29, 1.82) is 0 Å². The number of hydrogen-bond acceptors (Lipinski definition) is 5. The van der Waals surface area contributed by atoms with Gasteiger partial charge in [-0.1, -0.05) is 0 Å². The molecule has 7 nitrogen and oxygen atoms in total. The predicted molar refractivity (Wildman–Crippen MR) is 91.2 cm³/mol. The minimum absolute atomic E-state index is 0.00791. The van der Waals surface area contributed by atoms with E-state index in [0.717, 1.165) is 25.0 Å². The molecule has 1 aliphatic heterocycles. The van der Waals surface area contributed by atoms with E-state index < -0.39 is 5.97 Å². The van der Waals surface area contributed by atoms with Crippen LogP contribution in [0.2, 0.25) is 0 Å². The summed E-state index contributed by atoms with van der Waals surface area (Å²) in [5.41, 5.74) is 1.89. The van der Waals surface area contributed by atoms with Crippen LogP contribution in [0.4, 0.5) is 10.5 Å². The summed E-state index contributed by atoms with van der Waals surface area (Å²) in [6.07, 6.45) is 4.69. The molecule has 3 heterocycles. The van der Waals surface area contributed by atoms with Gasteiger partial charge < -0.3 is 15.0 Å². The molecule has 0 saturated carbocycles. The molecule has 1 N–H and O–H groups in total. The van der Waals surface area contributed by atoms with E-state index in [-0.39, 0.29) is 12.1 Å². The molecule has 1 fully saturated rings. The Morgan fingerprint density at radius 1 is 1.38 bits per heavy atom. The number of carbonyl (C=O) groups is 2. The van der Waals surface area contributed by atoms with Crippen LogP contribution in [0.15, 0.2) is 23.0 Å². The monoisotopic (exact) mass is 348 g/mol. The van der Waals surface area contributed by atoms with Crippen molar-refractivity contribution in [2.45, 2.75) is 25.3 Å². The third-order valence-electron chi connectivity index (χ3n) is 4.27. The second kappa shape index (κ2) is 7.04. The maximum atomic E-state index is 12.8. The summed E-state index contributed by atoms with van der Waals surface area (Å²) in [6.45, 7) is 0.680. The van der Waals surface area contributed by atoms with E-state index in [0.29, 0.717) is 17.8 Å². The Hall–Kier alpha value is -2.35. The molecule has 0 spiro atoms. The molecule has 8 heteroatoms. The SMILES string of the molecule is COC(=O)c1cscc1NC(=O)N1CCCCC1c1ccnn1C. The van der Waals surface area contributed by atoms with Crippen LogP contribution in [0.3, 0.4) is 0 Å². The fraction of sp³-hybridized carbons (Fsp3) is 0.438. The summed E-state index contributed by atoms with van der Waals surface area (Å²) in [6, 6.07) is 1.73. The van der Waals surface area contributed by atoms with Gasteiger partial charge >= 0.3 is 12.0 Å².